The number of hydrogen-bond donors (Lipinski definition) is 1. The van der Waals surface area contributed by atoms with Crippen molar-refractivity contribution in [2.75, 3.05) is 39.5 Å². The van der Waals surface area contributed by atoms with Crippen LogP contribution in [0.2, 0.25) is 0 Å². The summed E-state index contributed by atoms with van der Waals surface area (Å²) < 4.78 is 5.57. The number of ether oxygens (including phenoxy) is 1. The lowest BCUT2D eigenvalue weighted by molar-refractivity contribution is 0.375. The molecule has 1 aliphatic rings. The van der Waals surface area contributed by atoms with Gasteiger partial charge in [0.1, 0.15) is 5.75 Å². The SMILES string of the molecule is CN=C(NCCCc1cccc(OC)c1)N1CCSC(C)(C)C1. The van der Waals surface area contributed by atoms with E-state index in [2.05, 4.69) is 41.2 Å². The van der Waals surface area contributed by atoms with Crippen LogP contribution in [-0.4, -0.2) is 55.2 Å². The highest BCUT2D eigenvalue weighted by Gasteiger charge is 2.28. The molecule has 1 saturated heterocycles. The molecule has 1 aliphatic heterocycles. The fourth-order valence-electron chi connectivity index (χ4n) is 2.85. The van der Waals surface area contributed by atoms with Crippen molar-refractivity contribution in [3.05, 3.63) is 29.8 Å². The van der Waals surface area contributed by atoms with Gasteiger partial charge in [0.2, 0.25) is 0 Å². The largest absolute Gasteiger partial charge is 0.497 e. The van der Waals surface area contributed by atoms with Gasteiger partial charge in [0.15, 0.2) is 5.96 Å². The molecule has 0 saturated carbocycles. The molecular formula is C18H29N3OS. The molecule has 1 N–H and O–H groups in total. The van der Waals surface area contributed by atoms with Gasteiger partial charge in [-0.25, -0.2) is 0 Å². The molecule has 0 aliphatic carbocycles. The first kappa shape index (κ1) is 18.0. The van der Waals surface area contributed by atoms with Gasteiger partial charge in [0.05, 0.1) is 7.11 Å². The van der Waals surface area contributed by atoms with E-state index in [1.54, 1.807) is 7.11 Å². The molecule has 0 aromatic heterocycles. The van der Waals surface area contributed by atoms with Gasteiger partial charge in [-0.1, -0.05) is 12.1 Å². The molecule has 0 unspecified atom stereocenters. The van der Waals surface area contributed by atoms with E-state index in [-0.39, 0.29) is 0 Å². The summed E-state index contributed by atoms with van der Waals surface area (Å²) >= 11 is 2.04. The van der Waals surface area contributed by atoms with Crippen LogP contribution >= 0.6 is 11.8 Å². The normalized spacial score (nSPS) is 17.9. The Morgan fingerprint density at radius 1 is 1.43 bits per heavy atom. The minimum Gasteiger partial charge on any atom is -0.497 e. The lowest BCUT2D eigenvalue weighted by Crippen LogP contribution is -2.51. The van der Waals surface area contributed by atoms with Gasteiger partial charge in [0, 0.05) is 37.2 Å². The predicted octanol–water partition coefficient (Wildman–Crippen LogP) is 3.03. The summed E-state index contributed by atoms with van der Waals surface area (Å²) in [5.41, 5.74) is 1.32. The zero-order valence-corrected chi connectivity index (χ0v) is 15.6. The molecule has 1 heterocycles. The summed E-state index contributed by atoms with van der Waals surface area (Å²) in [6.45, 7) is 7.67. The van der Waals surface area contributed by atoms with Crippen molar-refractivity contribution in [3.63, 3.8) is 0 Å². The number of benzene rings is 1. The monoisotopic (exact) mass is 335 g/mol. The summed E-state index contributed by atoms with van der Waals surface area (Å²) in [6, 6.07) is 8.30. The van der Waals surface area contributed by atoms with Crippen molar-refractivity contribution in [1.29, 1.82) is 0 Å². The second-order valence-corrected chi connectivity index (χ2v) is 8.26. The van der Waals surface area contributed by atoms with E-state index in [0.29, 0.717) is 4.75 Å². The third kappa shape index (κ3) is 5.65. The zero-order valence-electron chi connectivity index (χ0n) is 14.8. The summed E-state index contributed by atoms with van der Waals surface area (Å²) in [7, 11) is 3.59. The van der Waals surface area contributed by atoms with Crippen molar-refractivity contribution < 1.29 is 4.74 Å². The quantitative estimate of drug-likeness (QED) is 0.510. The molecule has 0 atom stereocenters. The Morgan fingerprint density at radius 2 is 2.26 bits per heavy atom. The number of aryl methyl sites for hydroxylation is 1. The smallest absolute Gasteiger partial charge is 0.193 e. The van der Waals surface area contributed by atoms with Crippen LogP contribution in [0.4, 0.5) is 0 Å². The molecule has 0 spiro atoms. The molecule has 23 heavy (non-hydrogen) atoms. The molecule has 1 fully saturated rings. The number of aliphatic imine (C=N–C) groups is 1. The fourth-order valence-corrected chi connectivity index (χ4v) is 3.96. The van der Waals surface area contributed by atoms with Gasteiger partial charge >= 0.3 is 0 Å². The van der Waals surface area contributed by atoms with Crippen LogP contribution in [-0.2, 0) is 6.42 Å². The number of hydrogen-bond acceptors (Lipinski definition) is 3. The Balaban J connectivity index is 1.77. The average Bonchev–Trinajstić information content (AvgIpc) is 2.54. The minimum atomic E-state index is 0.302. The topological polar surface area (TPSA) is 36.9 Å². The maximum atomic E-state index is 5.27. The predicted molar refractivity (Wildman–Crippen MR) is 101 cm³/mol. The lowest BCUT2D eigenvalue weighted by Gasteiger charge is -2.39. The first-order valence-corrected chi connectivity index (χ1v) is 9.25. The van der Waals surface area contributed by atoms with Gasteiger partial charge < -0.3 is 15.0 Å². The number of guanidine groups is 1. The van der Waals surface area contributed by atoms with Crippen LogP contribution in [0.15, 0.2) is 29.3 Å². The summed E-state index contributed by atoms with van der Waals surface area (Å²) in [6.07, 6.45) is 2.13. The van der Waals surface area contributed by atoms with Gasteiger partial charge in [-0.15, -0.1) is 0 Å². The highest BCUT2D eigenvalue weighted by molar-refractivity contribution is 8.00. The Kier molecular flexibility index (Phi) is 6.63. The van der Waals surface area contributed by atoms with E-state index >= 15 is 0 Å². The summed E-state index contributed by atoms with van der Waals surface area (Å²) in [5.74, 6) is 3.13. The molecule has 0 radical (unpaired) electrons. The lowest BCUT2D eigenvalue weighted by atomic mass is 10.1. The molecule has 2 rings (SSSR count). The van der Waals surface area contributed by atoms with Crippen LogP contribution < -0.4 is 10.1 Å². The number of rotatable bonds is 5. The Hall–Kier alpha value is -1.36. The third-order valence-electron chi connectivity index (χ3n) is 4.00. The standard InChI is InChI=1S/C18H29N3OS/c1-18(2)14-21(11-12-23-18)17(19-3)20-10-6-8-15-7-5-9-16(13-15)22-4/h5,7,9,13H,6,8,10-12,14H2,1-4H3,(H,19,20). The molecule has 4 nitrogen and oxygen atoms in total. The number of nitrogens with one attached hydrogen (secondary N) is 1. The molecule has 0 amide bonds. The van der Waals surface area contributed by atoms with E-state index in [0.717, 1.165) is 49.9 Å². The highest BCUT2D eigenvalue weighted by Crippen LogP contribution is 2.29. The maximum absolute atomic E-state index is 5.27. The Bertz CT molecular complexity index is 531. The second-order valence-electron chi connectivity index (χ2n) is 6.46. The van der Waals surface area contributed by atoms with Gasteiger partial charge in [-0.3, -0.25) is 4.99 Å². The van der Waals surface area contributed by atoms with Crippen molar-refractivity contribution in [2.24, 2.45) is 4.99 Å². The van der Waals surface area contributed by atoms with Crippen LogP contribution in [0.3, 0.4) is 0 Å². The van der Waals surface area contributed by atoms with Gasteiger partial charge in [0.25, 0.3) is 0 Å². The van der Waals surface area contributed by atoms with Crippen molar-refractivity contribution in [1.82, 2.24) is 10.2 Å². The summed E-state index contributed by atoms with van der Waals surface area (Å²) in [4.78, 5) is 6.83. The average molecular weight is 336 g/mol. The zero-order chi connectivity index (χ0) is 16.7. The van der Waals surface area contributed by atoms with Crippen LogP contribution in [0, 0.1) is 0 Å². The van der Waals surface area contributed by atoms with E-state index in [1.165, 1.54) is 5.56 Å². The highest BCUT2D eigenvalue weighted by atomic mass is 32.2. The van der Waals surface area contributed by atoms with Crippen LogP contribution in [0.25, 0.3) is 0 Å². The van der Waals surface area contributed by atoms with Crippen molar-refractivity contribution in [3.8, 4) is 5.75 Å². The molecule has 128 valence electrons. The van der Waals surface area contributed by atoms with Gasteiger partial charge in [-0.2, -0.15) is 11.8 Å². The molecule has 0 bridgehead atoms. The van der Waals surface area contributed by atoms with Gasteiger partial charge in [-0.05, 0) is 44.4 Å². The first-order chi connectivity index (χ1) is 11.0. The van der Waals surface area contributed by atoms with E-state index in [9.17, 15) is 0 Å². The number of nitrogens with zero attached hydrogens (tertiary/aromatic N) is 2. The second kappa shape index (κ2) is 8.48. The van der Waals surface area contributed by atoms with E-state index in [4.69, 9.17) is 4.74 Å². The Morgan fingerprint density at radius 3 is 2.96 bits per heavy atom. The molecule has 1 aromatic carbocycles. The van der Waals surface area contributed by atoms with Crippen molar-refractivity contribution in [2.45, 2.75) is 31.4 Å². The Labute approximate surface area is 144 Å². The number of methoxy groups -OCH3 is 1. The molecule has 1 aromatic rings. The van der Waals surface area contributed by atoms with Crippen LogP contribution in [0.5, 0.6) is 5.75 Å². The molecule has 5 heteroatoms. The molecular weight excluding hydrogens is 306 g/mol. The summed E-state index contributed by atoms with van der Waals surface area (Å²) in [5, 5.41) is 3.51. The third-order valence-corrected chi connectivity index (χ3v) is 5.29. The maximum Gasteiger partial charge on any atom is 0.193 e. The number of thioether (sulfide) groups is 1. The van der Waals surface area contributed by atoms with E-state index < -0.39 is 0 Å². The van der Waals surface area contributed by atoms with Crippen molar-refractivity contribution >= 4 is 17.7 Å². The fraction of sp³-hybridized carbons (Fsp3) is 0.611. The van der Waals surface area contributed by atoms with Crippen LogP contribution in [0.1, 0.15) is 25.8 Å². The van der Waals surface area contributed by atoms with E-state index in [1.807, 2.05) is 30.9 Å². The minimum absolute atomic E-state index is 0.302. The first-order valence-electron chi connectivity index (χ1n) is 8.26.